The molecule has 0 spiro atoms. The van der Waals surface area contributed by atoms with Crippen LogP contribution in [0.3, 0.4) is 0 Å². The van der Waals surface area contributed by atoms with Crippen LogP contribution in [0.1, 0.15) is 28.5 Å². The van der Waals surface area contributed by atoms with Gasteiger partial charge >= 0.3 is 5.97 Å². The topological polar surface area (TPSA) is 106 Å². The highest BCUT2D eigenvalue weighted by Crippen LogP contribution is 2.16. The number of fused-ring (bicyclic) bond motifs is 1. The number of hydrogen-bond acceptors (Lipinski definition) is 5. The number of nitrogens with zero attached hydrogens (tertiary/aromatic N) is 2. The van der Waals surface area contributed by atoms with E-state index in [0.717, 1.165) is 0 Å². The molecule has 0 aliphatic rings. The van der Waals surface area contributed by atoms with Crippen LogP contribution < -0.4 is 10.9 Å². The number of benzene rings is 1. The summed E-state index contributed by atoms with van der Waals surface area (Å²) >= 11 is 5.84. The predicted molar refractivity (Wildman–Crippen MR) is 100 cm³/mol. The molecule has 2 N–H and O–H groups in total. The van der Waals surface area contributed by atoms with Gasteiger partial charge in [0, 0.05) is 41.5 Å². The zero-order valence-corrected chi connectivity index (χ0v) is 15.5. The third-order valence-electron chi connectivity index (χ3n) is 3.97. The van der Waals surface area contributed by atoms with Gasteiger partial charge in [-0.25, -0.2) is 9.50 Å². The Morgan fingerprint density at radius 1 is 1.30 bits per heavy atom. The number of aromatic amines is 1. The number of carbonyl (C=O) groups is 2. The molecule has 1 amide bonds. The summed E-state index contributed by atoms with van der Waals surface area (Å²) in [4.78, 5) is 40.5. The highest BCUT2D eigenvalue weighted by Gasteiger charge is 2.18. The van der Waals surface area contributed by atoms with Gasteiger partial charge in [-0.2, -0.15) is 0 Å². The Bertz CT molecular complexity index is 1070. The molecule has 8 nitrogen and oxygen atoms in total. The number of anilines is 1. The Morgan fingerprint density at radius 3 is 2.67 bits per heavy atom. The average Bonchev–Trinajstić information content (AvgIpc) is 3.03. The second kappa shape index (κ2) is 7.63. The molecule has 0 radical (unpaired) electrons. The summed E-state index contributed by atoms with van der Waals surface area (Å²) in [6.45, 7) is 3.07. The van der Waals surface area contributed by atoms with Gasteiger partial charge in [0.05, 0.1) is 6.61 Å². The minimum absolute atomic E-state index is 0.0871. The molecule has 0 aliphatic heterocycles. The van der Waals surface area contributed by atoms with E-state index in [4.69, 9.17) is 16.3 Å². The molecule has 0 saturated heterocycles. The molecular weight excluding hydrogens is 372 g/mol. The van der Waals surface area contributed by atoms with Gasteiger partial charge in [-0.1, -0.05) is 11.6 Å². The fraction of sp³-hybridized carbons (Fsp3) is 0.222. The number of nitrogens with one attached hydrogen (secondary N) is 2. The standard InChI is InChI=1S/C18H17ClN4O4/c1-10-14(7-8-27-11(2)24)18(26)23-16(21-10)15(9-20-23)17(25)22-13-5-3-12(19)4-6-13/h3-6,9,20H,7-8H2,1-2H3,(H,22,25). The molecule has 0 saturated carbocycles. The lowest BCUT2D eigenvalue weighted by atomic mass is 10.2. The monoisotopic (exact) mass is 388 g/mol. The van der Waals surface area contributed by atoms with E-state index in [9.17, 15) is 14.4 Å². The number of amides is 1. The molecule has 0 bridgehead atoms. The third-order valence-corrected chi connectivity index (χ3v) is 4.22. The van der Waals surface area contributed by atoms with Crippen LogP contribution in [-0.4, -0.2) is 33.1 Å². The van der Waals surface area contributed by atoms with Gasteiger partial charge in [-0.15, -0.1) is 0 Å². The highest BCUT2D eigenvalue weighted by molar-refractivity contribution is 6.30. The maximum absolute atomic E-state index is 12.7. The fourth-order valence-corrected chi connectivity index (χ4v) is 2.77. The molecule has 27 heavy (non-hydrogen) atoms. The minimum Gasteiger partial charge on any atom is -0.466 e. The van der Waals surface area contributed by atoms with E-state index < -0.39 is 11.9 Å². The SMILES string of the molecule is CC(=O)OCCc1c(C)nc2c(C(=O)Nc3ccc(Cl)cc3)c[nH]n2c1=O. The molecule has 2 aromatic heterocycles. The molecule has 0 unspecified atom stereocenters. The first-order valence-electron chi connectivity index (χ1n) is 8.16. The summed E-state index contributed by atoms with van der Waals surface area (Å²) in [6, 6.07) is 6.67. The number of ether oxygens (including phenoxy) is 1. The number of hydrogen-bond donors (Lipinski definition) is 2. The van der Waals surface area contributed by atoms with E-state index in [0.29, 0.717) is 22.0 Å². The number of rotatable bonds is 5. The maximum atomic E-state index is 12.7. The van der Waals surface area contributed by atoms with Crippen molar-refractivity contribution >= 4 is 34.8 Å². The van der Waals surface area contributed by atoms with Crippen LogP contribution in [0.2, 0.25) is 5.02 Å². The highest BCUT2D eigenvalue weighted by atomic mass is 35.5. The van der Waals surface area contributed by atoms with Crippen LogP contribution in [0.25, 0.3) is 5.65 Å². The first kappa shape index (κ1) is 18.7. The van der Waals surface area contributed by atoms with Crippen molar-refractivity contribution in [3.63, 3.8) is 0 Å². The van der Waals surface area contributed by atoms with E-state index >= 15 is 0 Å². The van der Waals surface area contributed by atoms with Gasteiger partial charge in [0.1, 0.15) is 5.56 Å². The van der Waals surface area contributed by atoms with E-state index in [1.54, 1.807) is 31.2 Å². The lowest BCUT2D eigenvalue weighted by molar-refractivity contribution is -0.140. The number of halogens is 1. The summed E-state index contributed by atoms with van der Waals surface area (Å²) in [5, 5.41) is 6.04. The van der Waals surface area contributed by atoms with Crippen molar-refractivity contribution in [2.24, 2.45) is 0 Å². The molecule has 3 rings (SSSR count). The van der Waals surface area contributed by atoms with Crippen molar-refractivity contribution in [1.82, 2.24) is 14.6 Å². The minimum atomic E-state index is -0.414. The Morgan fingerprint density at radius 2 is 2.00 bits per heavy atom. The van der Waals surface area contributed by atoms with Gasteiger partial charge in [-0.05, 0) is 31.2 Å². The van der Waals surface area contributed by atoms with Gasteiger partial charge in [-0.3, -0.25) is 19.5 Å². The molecule has 3 aromatic rings. The number of carbonyl (C=O) groups excluding carboxylic acids is 2. The predicted octanol–water partition coefficient (Wildman–Crippen LogP) is 2.34. The average molecular weight is 389 g/mol. The van der Waals surface area contributed by atoms with Crippen molar-refractivity contribution in [2.45, 2.75) is 20.3 Å². The molecule has 140 valence electrons. The summed E-state index contributed by atoms with van der Waals surface area (Å²) in [5.74, 6) is -0.821. The summed E-state index contributed by atoms with van der Waals surface area (Å²) in [6.07, 6.45) is 1.66. The number of H-pyrrole nitrogens is 1. The Labute approximate surface area is 159 Å². The van der Waals surface area contributed by atoms with Gasteiger partial charge < -0.3 is 10.1 Å². The van der Waals surface area contributed by atoms with Crippen LogP contribution in [-0.2, 0) is 16.0 Å². The second-order valence-corrected chi connectivity index (χ2v) is 6.31. The van der Waals surface area contributed by atoms with Crippen molar-refractivity contribution in [2.75, 3.05) is 11.9 Å². The number of esters is 1. The molecular formula is C18H17ClN4O4. The first-order valence-corrected chi connectivity index (χ1v) is 8.54. The van der Waals surface area contributed by atoms with Gasteiger partial charge in [0.15, 0.2) is 5.65 Å². The summed E-state index contributed by atoms with van der Waals surface area (Å²) in [7, 11) is 0. The normalized spacial score (nSPS) is 10.8. The van der Waals surface area contributed by atoms with Crippen LogP contribution in [0.15, 0.2) is 35.3 Å². The van der Waals surface area contributed by atoms with E-state index in [1.165, 1.54) is 17.6 Å². The van der Waals surface area contributed by atoms with Crippen LogP contribution in [0.4, 0.5) is 5.69 Å². The Hall–Kier alpha value is -3.13. The second-order valence-electron chi connectivity index (χ2n) is 5.88. The van der Waals surface area contributed by atoms with E-state index in [1.807, 2.05) is 0 Å². The molecule has 1 aromatic carbocycles. The summed E-state index contributed by atoms with van der Waals surface area (Å²) < 4.78 is 6.09. The summed E-state index contributed by atoms with van der Waals surface area (Å²) in [5.41, 5.74) is 1.58. The Balaban J connectivity index is 1.89. The third kappa shape index (κ3) is 4.01. The van der Waals surface area contributed by atoms with E-state index in [2.05, 4.69) is 15.4 Å². The fourth-order valence-electron chi connectivity index (χ4n) is 2.64. The lowest BCUT2D eigenvalue weighted by Gasteiger charge is -2.07. The number of aryl methyl sites for hydroxylation is 1. The molecule has 9 heteroatoms. The van der Waals surface area contributed by atoms with Crippen LogP contribution in [0.5, 0.6) is 0 Å². The van der Waals surface area contributed by atoms with Crippen molar-refractivity contribution in [1.29, 1.82) is 0 Å². The van der Waals surface area contributed by atoms with Crippen LogP contribution in [0, 0.1) is 6.92 Å². The van der Waals surface area contributed by atoms with E-state index in [-0.39, 0.29) is 29.8 Å². The largest absolute Gasteiger partial charge is 0.466 e. The van der Waals surface area contributed by atoms with Gasteiger partial charge in [0.2, 0.25) is 0 Å². The molecule has 0 fully saturated rings. The number of aromatic nitrogens is 3. The van der Waals surface area contributed by atoms with Gasteiger partial charge in [0.25, 0.3) is 11.5 Å². The molecule has 2 heterocycles. The zero-order valence-electron chi connectivity index (χ0n) is 14.7. The lowest BCUT2D eigenvalue weighted by Crippen LogP contribution is -2.24. The zero-order chi connectivity index (χ0) is 19.6. The van der Waals surface area contributed by atoms with Crippen molar-refractivity contribution in [3.05, 3.63) is 62.7 Å². The van der Waals surface area contributed by atoms with Crippen molar-refractivity contribution < 1.29 is 14.3 Å². The smallest absolute Gasteiger partial charge is 0.302 e. The van der Waals surface area contributed by atoms with Crippen molar-refractivity contribution in [3.8, 4) is 0 Å². The quantitative estimate of drug-likeness (QED) is 0.652. The molecule has 0 aliphatic carbocycles. The molecule has 0 atom stereocenters. The van der Waals surface area contributed by atoms with Crippen LogP contribution >= 0.6 is 11.6 Å². The maximum Gasteiger partial charge on any atom is 0.302 e. The first-order chi connectivity index (χ1) is 12.9. The Kier molecular flexibility index (Phi) is 5.27.